The van der Waals surface area contributed by atoms with Gasteiger partial charge in [0.1, 0.15) is 11.6 Å². The minimum Gasteiger partial charge on any atom is -0.507 e. The number of nitrogens with two attached hydrogens (primary N) is 1. The maximum absolute atomic E-state index is 13.3. The number of aryl methyl sites for hydroxylation is 1. The van der Waals surface area contributed by atoms with Crippen LogP contribution in [0.15, 0.2) is 36.4 Å². The van der Waals surface area contributed by atoms with Gasteiger partial charge in [0.2, 0.25) is 0 Å². The molecule has 0 saturated carbocycles. The minimum atomic E-state index is -0.315. The lowest BCUT2D eigenvalue weighted by molar-refractivity contribution is -0.140. The zero-order valence-electron chi connectivity index (χ0n) is 13.6. The van der Waals surface area contributed by atoms with Crippen molar-refractivity contribution < 1.29 is 19.0 Å². The predicted octanol–water partition coefficient (Wildman–Crippen LogP) is 3.53. The van der Waals surface area contributed by atoms with Crippen LogP contribution < -0.4 is 5.73 Å². The van der Waals surface area contributed by atoms with E-state index in [2.05, 4.69) is 4.74 Å². The number of carbonyl (C=O) groups excluding carboxylic acids is 1. The van der Waals surface area contributed by atoms with E-state index in [1.807, 2.05) is 13.0 Å². The van der Waals surface area contributed by atoms with Crippen molar-refractivity contribution in [2.75, 3.05) is 6.61 Å². The topological polar surface area (TPSA) is 72.5 Å². The van der Waals surface area contributed by atoms with Crippen LogP contribution >= 0.6 is 0 Å². The summed E-state index contributed by atoms with van der Waals surface area (Å²) >= 11 is 0. The van der Waals surface area contributed by atoms with Gasteiger partial charge in [-0.1, -0.05) is 18.2 Å². The third kappa shape index (κ3) is 5.38. The number of ether oxygens (including phenoxy) is 1. The van der Waals surface area contributed by atoms with Gasteiger partial charge in [0.05, 0.1) is 6.61 Å². The van der Waals surface area contributed by atoms with E-state index in [1.54, 1.807) is 31.2 Å². The first kappa shape index (κ1) is 18.6. The predicted molar refractivity (Wildman–Crippen MR) is 88.4 cm³/mol. The van der Waals surface area contributed by atoms with Crippen molar-refractivity contribution >= 4 is 5.97 Å². The van der Waals surface area contributed by atoms with Gasteiger partial charge in [-0.15, -0.1) is 0 Å². The van der Waals surface area contributed by atoms with Crippen LogP contribution in [0, 0.1) is 12.7 Å². The lowest BCUT2D eigenvalue weighted by atomic mass is 9.97. The van der Waals surface area contributed by atoms with Gasteiger partial charge in [-0.25, -0.2) is 4.39 Å². The standard InChI is InChI=1S/C14H14FNO.C4H8O2/c1-9-3-2-4-13(17)14(9)10-5-6-12(15)11(7-10)8-16;1-3-6-4(2)5/h2-7,17H,8,16H2,1H3;3H2,1-2H3. The number of hydrogen-bond donors (Lipinski definition) is 2. The number of benzene rings is 2. The zero-order valence-corrected chi connectivity index (χ0v) is 13.6. The van der Waals surface area contributed by atoms with E-state index in [0.717, 1.165) is 16.7 Å². The number of rotatable bonds is 3. The highest BCUT2D eigenvalue weighted by Gasteiger charge is 2.09. The number of phenols is 1. The lowest BCUT2D eigenvalue weighted by Gasteiger charge is -2.10. The first-order valence-corrected chi connectivity index (χ1v) is 7.31. The Balaban J connectivity index is 0.000000379. The molecule has 0 radical (unpaired) electrons. The number of phenolic OH excluding ortho intramolecular Hbond substituents is 1. The molecule has 0 aliphatic rings. The Morgan fingerprint density at radius 2 is 2.00 bits per heavy atom. The second kappa shape index (κ2) is 8.90. The fourth-order valence-electron chi connectivity index (χ4n) is 2.12. The van der Waals surface area contributed by atoms with Crippen LogP contribution in [-0.4, -0.2) is 17.7 Å². The second-order valence-electron chi connectivity index (χ2n) is 4.90. The SMILES string of the molecule is CCOC(C)=O.Cc1cccc(O)c1-c1ccc(F)c(CN)c1. The summed E-state index contributed by atoms with van der Waals surface area (Å²) < 4.78 is 17.7. The highest BCUT2D eigenvalue weighted by molar-refractivity contribution is 5.73. The molecule has 0 atom stereocenters. The Kier molecular flexibility index (Phi) is 7.22. The molecule has 0 amide bonds. The highest BCUT2D eigenvalue weighted by atomic mass is 19.1. The van der Waals surface area contributed by atoms with Gasteiger partial charge in [-0.05, 0) is 43.2 Å². The molecule has 0 bridgehead atoms. The summed E-state index contributed by atoms with van der Waals surface area (Å²) in [5, 5.41) is 9.85. The molecule has 2 rings (SSSR count). The lowest BCUT2D eigenvalue weighted by Crippen LogP contribution is -2.00. The van der Waals surface area contributed by atoms with E-state index >= 15 is 0 Å². The summed E-state index contributed by atoms with van der Waals surface area (Å²) in [6, 6.07) is 10.0. The van der Waals surface area contributed by atoms with E-state index in [9.17, 15) is 14.3 Å². The number of halogens is 1. The van der Waals surface area contributed by atoms with Crippen LogP contribution in [0.5, 0.6) is 5.75 Å². The van der Waals surface area contributed by atoms with Gasteiger partial charge in [0.15, 0.2) is 0 Å². The van der Waals surface area contributed by atoms with Crippen molar-refractivity contribution in [3.05, 3.63) is 53.3 Å². The van der Waals surface area contributed by atoms with Crippen molar-refractivity contribution in [2.24, 2.45) is 5.73 Å². The van der Waals surface area contributed by atoms with Gasteiger partial charge >= 0.3 is 5.97 Å². The first-order valence-electron chi connectivity index (χ1n) is 7.31. The number of esters is 1. The van der Waals surface area contributed by atoms with E-state index in [0.29, 0.717) is 12.2 Å². The third-order valence-electron chi connectivity index (χ3n) is 3.15. The average molecular weight is 319 g/mol. The van der Waals surface area contributed by atoms with Crippen molar-refractivity contribution in [3.8, 4) is 16.9 Å². The molecule has 2 aromatic rings. The van der Waals surface area contributed by atoms with Crippen molar-refractivity contribution in [1.29, 1.82) is 0 Å². The van der Waals surface area contributed by atoms with Crippen molar-refractivity contribution in [1.82, 2.24) is 0 Å². The molecule has 0 saturated heterocycles. The van der Waals surface area contributed by atoms with Gasteiger partial charge in [0.25, 0.3) is 0 Å². The quantitative estimate of drug-likeness (QED) is 0.849. The van der Waals surface area contributed by atoms with E-state index < -0.39 is 0 Å². The molecule has 23 heavy (non-hydrogen) atoms. The third-order valence-corrected chi connectivity index (χ3v) is 3.15. The molecule has 0 heterocycles. The van der Waals surface area contributed by atoms with Crippen LogP contribution in [-0.2, 0) is 16.1 Å². The Bertz CT molecular complexity index is 651. The zero-order chi connectivity index (χ0) is 17.4. The number of aromatic hydroxyl groups is 1. The molecule has 5 heteroatoms. The van der Waals surface area contributed by atoms with Crippen LogP contribution in [0.3, 0.4) is 0 Å². The molecule has 0 fully saturated rings. The normalized spacial score (nSPS) is 9.78. The molecular formula is C18H22FNO3. The van der Waals surface area contributed by atoms with Crippen LogP contribution in [0.4, 0.5) is 4.39 Å². The van der Waals surface area contributed by atoms with Crippen LogP contribution in [0.25, 0.3) is 11.1 Å². The summed E-state index contributed by atoms with van der Waals surface area (Å²) in [5.41, 5.74) is 8.37. The Labute approximate surface area is 135 Å². The fraction of sp³-hybridized carbons (Fsp3) is 0.278. The van der Waals surface area contributed by atoms with Gasteiger partial charge in [-0.2, -0.15) is 0 Å². The minimum absolute atomic E-state index is 0.145. The Morgan fingerprint density at radius 3 is 2.48 bits per heavy atom. The van der Waals surface area contributed by atoms with Crippen LogP contribution in [0.2, 0.25) is 0 Å². The van der Waals surface area contributed by atoms with Crippen molar-refractivity contribution in [2.45, 2.75) is 27.3 Å². The van der Waals surface area contributed by atoms with E-state index in [1.165, 1.54) is 13.0 Å². The highest BCUT2D eigenvalue weighted by Crippen LogP contribution is 2.32. The van der Waals surface area contributed by atoms with Crippen LogP contribution in [0.1, 0.15) is 25.0 Å². The molecule has 0 aliphatic carbocycles. The van der Waals surface area contributed by atoms with Crippen molar-refractivity contribution in [3.63, 3.8) is 0 Å². The van der Waals surface area contributed by atoms with Gasteiger partial charge in [0, 0.05) is 24.6 Å². The Morgan fingerprint density at radius 1 is 1.30 bits per heavy atom. The maximum Gasteiger partial charge on any atom is 0.302 e. The summed E-state index contributed by atoms with van der Waals surface area (Å²) in [7, 11) is 0. The fourth-order valence-corrected chi connectivity index (χ4v) is 2.12. The molecule has 0 unspecified atom stereocenters. The van der Waals surface area contributed by atoms with Gasteiger partial charge in [-0.3, -0.25) is 4.79 Å². The van der Waals surface area contributed by atoms with Gasteiger partial charge < -0.3 is 15.6 Å². The summed E-state index contributed by atoms with van der Waals surface area (Å²) in [5.74, 6) is -0.332. The molecule has 124 valence electrons. The average Bonchev–Trinajstić information content (AvgIpc) is 2.49. The van der Waals surface area contributed by atoms with E-state index in [4.69, 9.17) is 5.73 Å². The monoisotopic (exact) mass is 319 g/mol. The molecule has 0 spiro atoms. The Hall–Kier alpha value is -2.40. The molecule has 4 nitrogen and oxygen atoms in total. The maximum atomic E-state index is 13.3. The number of hydrogen-bond acceptors (Lipinski definition) is 4. The first-order chi connectivity index (χ1) is 10.9. The number of carbonyl (C=O) groups is 1. The molecule has 2 aromatic carbocycles. The van der Waals surface area contributed by atoms with E-state index in [-0.39, 0.29) is 24.1 Å². The summed E-state index contributed by atoms with van der Waals surface area (Å²) in [6.07, 6.45) is 0. The summed E-state index contributed by atoms with van der Waals surface area (Å²) in [4.78, 5) is 9.82. The molecule has 0 aromatic heterocycles. The molecular weight excluding hydrogens is 297 g/mol. The molecule has 3 N–H and O–H groups in total. The second-order valence-corrected chi connectivity index (χ2v) is 4.90. The smallest absolute Gasteiger partial charge is 0.302 e. The largest absolute Gasteiger partial charge is 0.507 e. The molecule has 0 aliphatic heterocycles. The summed E-state index contributed by atoms with van der Waals surface area (Å²) in [6.45, 7) is 5.70.